The van der Waals surface area contributed by atoms with Crippen LogP contribution in [0.1, 0.15) is 70.3 Å². The molecule has 4 nitrogen and oxygen atoms in total. The molecule has 1 aliphatic rings. The van der Waals surface area contributed by atoms with Gasteiger partial charge in [0.1, 0.15) is 6.29 Å². The first-order valence-corrected chi connectivity index (χ1v) is 11.0. The number of aryl methyl sites for hydroxylation is 1. The van der Waals surface area contributed by atoms with Gasteiger partial charge in [0.15, 0.2) is 0 Å². The molecule has 0 bridgehead atoms. The highest BCUT2D eigenvalue weighted by Gasteiger charge is 2.19. The molecule has 3 N–H and O–H groups in total. The second-order valence-electron chi connectivity index (χ2n) is 8.56. The van der Waals surface area contributed by atoms with Gasteiger partial charge in [-0.3, -0.25) is 9.69 Å². The van der Waals surface area contributed by atoms with Crippen molar-refractivity contribution in [1.29, 1.82) is 0 Å². The van der Waals surface area contributed by atoms with Gasteiger partial charge in [-0.25, -0.2) is 0 Å². The fourth-order valence-electron chi connectivity index (χ4n) is 4.46. The molecule has 0 spiro atoms. The molecule has 0 heterocycles. The number of carbonyl (C=O) groups is 1. The molecule has 2 aromatic carbocycles. The summed E-state index contributed by atoms with van der Waals surface area (Å²) in [4.78, 5) is 14.3. The van der Waals surface area contributed by atoms with Crippen molar-refractivity contribution in [2.45, 2.75) is 58.0 Å². The minimum Gasteiger partial charge on any atom is -0.397 e. The molecule has 0 radical (unpaired) electrons. The molecule has 0 aliphatic heterocycles. The van der Waals surface area contributed by atoms with E-state index in [1.54, 1.807) is 6.20 Å². The Balaban J connectivity index is 1.75. The third-order valence-corrected chi connectivity index (χ3v) is 6.32. The largest absolute Gasteiger partial charge is 0.397 e. The molecular weight excluding hydrogens is 370 g/mol. The summed E-state index contributed by atoms with van der Waals surface area (Å²) >= 11 is 0. The lowest BCUT2D eigenvalue weighted by molar-refractivity contribution is 0.112. The van der Waals surface area contributed by atoms with Crippen LogP contribution in [-0.4, -0.2) is 31.3 Å². The number of nitrogens with two attached hydrogens (primary N) is 1. The Morgan fingerprint density at radius 2 is 1.83 bits per heavy atom. The van der Waals surface area contributed by atoms with Gasteiger partial charge in [-0.2, -0.15) is 0 Å². The van der Waals surface area contributed by atoms with E-state index in [4.69, 9.17) is 5.73 Å². The maximum Gasteiger partial charge on any atom is 0.150 e. The molecule has 2 aromatic rings. The zero-order valence-electron chi connectivity index (χ0n) is 18.6. The van der Waals surface area contributed by atoms with Gasteiger partial charge < -0.3 is 11.1 Å². The molecule has 4 heteroatoms. The van der Waals surface area contributed by atoms with E-state index in [2.05, 4.69) is 48.5 Å². The summed E-state index contributed by atoms with van der Waals surface area (Å²) in [5.41, 5.74) is 13.4. The molecule has 1 aliphatic carbocycles. The van der Waals surface area contributed by atoms with Gasteiger partial charge in [0.2, 0.25) is 0 Å². The minimum absolute atomic E-state index is 0.640. The van der Waals surface area contributed by atoms with Crippen LogP contribution in [0.5, 0.6) is 0 Å². The van der Waals surface area contributed by atoms with Gasteiger partial charge in [0.05, 0.1) is 5.70 Å². The quantitative estimate of drug-likeness (QED) is 0.628. The van der Waals surface area contributed by atoms with Gasteiger partial charge >= 0.3 is 0 Å². The first-order chi connectivity index (χ1) is 14.5. The third kappa shape index (κ3) is 5.51. The van der Waals surface area contributed by atoms with Crippen LogP contribution in [0.15, 0.2) is 42.6 Å². The van der Waals surface area contributed by atoms with Gasteiger partial charge in [-0.15, -0.1) is 0 Å². The highest BCUT2D eigenvalue weighted by atomic mass is 16.1. The van der Waals surface area contributed by atoms with Crippen molar-refractivity contribution in [2.75, 3.05) is 14.1 Å². The van der Waals surface area contributed by atoms with Crippen LogP contribution >= 0.6 is 0 Å². The summed E-state index contributed by atoms with van der Waals surface area (Å²) in [7, 11) is 4.04. The maximum absolute atomic E-state index is 11.8. The Kier molecular flexibility index (Phi) is 7.69. The number of hydrogen-bond donors (Lipinski definition) is 2. The first-order valence-electron chi connectivity index (χ1n) is 11.0. The second-order valence-corrected chi connectivity index (χ2v) is 8.56. The monoisotopic (exact) mass is 405 g/mol. The standard InChI is InChI=1S/C26H35N3O/c1-19-13-23(17-29(3)25-7-5-4-6-8-25)24(18-30)15-22(19)14-20-9-11-21(12-10-20)26(27)16-28-2/h9-13,15-16,18,25,28H,4-8,14,17,27H2,1-3H3/b26-16-. The smallest absolute Gasteiger partial charge is 0.150 e. The molecule has 0 unspecified atom stereocenters. The van der Waals surface area contributed by atoms with Crippen LogP contribution in [0.4, 0.5) is 0 Å². The summed E-state index contributed by atoms with van der Waals surface area (Å²) in [6, 6.07) is 13.2. The van der Waals surface area contributed by atoms with Crippen LogP contribution in [0, 0.1) is 6.92 Å². The van der Waals surface area contributed by atoms with Crippen molar-refractivity contribution in [2.24, 2.45) is 5.73 Å². The lowest BCUT2D eigenvalue weighted by Crippen LogP contribution is -2.33. The number of hydrogen-bond acceptors (Lipinski definition) is 4. The number of nitrogens with zero attached hydrogens (tertiary/aromatic N) is 1. The van der Waals surface area contributed by atoms with Crippen LogP contribution < -0.4 is 11.1 Å². The van der Waals surface area contributed by atoms with E-state index in [1.165, 1.54) is 48.8 Å². The highest BCUT2D eigenvalue weighted by Crippen LogP contribution is 2.25. The minimum atomic E-state index is 0.640. The van der Waals surface area contributed by atoms with Crippen LogP contribution in [0.25, 0.3) is 5.70 Å². The summed E-state index contributed by atoms with van der Waals surface area (Å²) < 4.78 is 0. The molecule has 160 valence electrons. The molecular formula is C26H35N3O. The predicted octanol–water partition coefficient (Wildman–Crippen LogP) is 4.64. The van der Waals surface area contributed by atoms with Crippen molar-refractivity contribution in [3.05, 3.63) is 76.0 Å². The molecule has 0 atom stereocenters. The normalized spacial score (nSPS) is 15.4. The number of aldehydes is 1. The van der Waals surface area contributed by atoms with E-state index in [-0.39, 0.29) is 0 Å². The van der Waals surface area contributed by atoms with E-state index in [9.17, 15) is 4.79 Å². The molecule has 0 saturated heterocycles. The van der Waals surface area contributed by atoms with E-state index in [0.29, 0.717) is 6.04 Å². The summed E-state index contributed by atoms with van der Waals surface area (Å²) in [6.45, 7) is 2.99. The van der Waals surface area contributed by atoms with Crippen molar-refractivity contribution >= 4 is 12.0 Å². The average Bonchev–Trinajstić information content (AvgIpc) is 2.76. The fourth-order valence-corrected chi connectivity index (χ4v) is 4.46. The lowest BCUT2D eigenvalue weighted by atomic mass is 9.92. The molecule has 30 heavy (non-hydrogen) atoms. The van der Waals surface area contributed by atoms with Gasteiger partial charge in [0, 0.05) is 31.4 Å². The fraction of sp³-hybridized carbons (Fsp3) is 0.423. The van der Waals surface area contributed by atoms with E-state index in [1.807, 2.05) is 19.2 Å². The molecule has 0 aromatic heterocycles. The Bertz CT molecular complexity index is 880. The number of nitrogens with one attached hydrogen (secondary N) is 1. The number of carbonyl (C=O) groups excluding carboxylic acids is 1. The number of benzene rings is 2. The number of rotatable bonds is 8. The van der Waals surface area contributed by atoms with E-state index < -0.39 is 0 Å². The Labute approximate surface area is 181 Å². The molecule has 3 rings (SSSR count). The zero-order chi connectivity index (χ0) is 21.5. The third-order valence-electron chi connectivity index (χ3n) is 6.32. The second kappa shape index (κ2) is 10.4. The van der Waals surface area contributed by atoms with Gasteiger partial charge in [-0.05, 0) is 67.1 Å². The Morgan fingerprint density at radius 1 is 1.13 bits per heavy atom. The summed E-state index contributed by atoms with van der Waals surface area (Å²) in [6.07, 6.45) is 10.2. The van der Waals surface area contributed by atoms with Gasteiger partial charge in [0.25, 0.3) is 0 Å². The van der Waals surface area contributed by atoms with E-state index in [0.717, 1.165) is 41.6 Å². The first kappa shape index (κ1) is 22.1. The van der Waals surface area contributed by atoms with Crippen LogP contribution in [-0.2, 0) is 13.0 Å². The van der Waals surface area contributed by atoms with Crippen LogP contribution in [0.2, 0.25) is 0 Å². The molecule has 0 amide bonds. The highest BCUT2D eigenvalue weighted by molar-refractivity contribution is 5.78. The lowest BCUT2D eigenvalue weighted by Gasteiger charge is -2.31. The Morgan fingerprint density at radius 3 is 2.47 bits per heavy atom. The van der Waals surface area contributed by atoms with Crippen molar-refractivity contribution in [3.8, 4) is 0 Å². The average molecular weight is 406 g/mol. The van der Waals surface area contributed by atoms with E-state index >= 15 is 0 Å². The zero-order valence-corrected chi connectivity index (χ0v) is 18.6. The summed E-state index contributed by atoms with van der Waals surface area (Å²) in [5, 5.41) is 2.96. The summed E-state index contributed by atoms with van der Waals surface area (Å²) in [5.74, 6) is 0. The SMILES string of the molecule is CN/C=C(\N)c1ccc(Cc2cc(C=O)c(CN(C)C3CCCCC3)cc2C)cc1. The Hall–Kier alpha value is -2.59. The predicted molar refractivity (Wildman–Crippen MR) is 125 cm³/mol. The van der Waals surface area contributed by atoms with Crippen molar-refractivity contribution in [1.82, 2.24) is 10.2 Å². The maximum atomic E-state index is 11.8. The van der Waals surface area contributed by atoms with Gasteiger partial charge in [-0.1, -0.05) is 49.6 Å². The molecule has 1 fully saturated rings. The molecule has 1 saturated carbocycles. The van der Waals surface area contributed by atoms with Crippen molar-refractivity contribution in [3.63, 3.8) is 0 Å². The van der Waals surface area contributed by atoms with Crippen molar-refractivity contribution < 1.29 is 4.79 Å². The van der Waals surface area contributed by atoms with Crippen LogP contribution in [0.3, 0.4) is 0 Å². The topological polar surface area (TPSA) is 58.4 Å².